The highest BCUT2D eigenvalue weighted by molar-refractivity contribution is 7.91. The molecule has 1 saturated heterocycles. The Bertz CT molecular complexity index is 618. The summed E-state index contributed by atoms with van der Waals surface area (Å²) in [6, 6.07) is 2.91. The third-order valence-corrected chi connectivity index (χ3v) is 5.06. The number of hydrogen-bond donors (Lipinski definition) is 2. The van der Waals surface area contributed by atoms with E-state index in [2.05, 4.69) is 15.6 Å². The summed E-state index contributed by atoms with van der Waals surface area (Å²) >= 11 is 5.96. The van der Waals surface area contributed by atoms with E-state index in [0.29, 0.717) is 18.8 Å². The van der Waals surface area contributed by atoms with Gasteiger partial charge in [0.25, 0.3) is 5.91 Å². The van der Waals surface area contributed by atoms with Gasteiger partial charge in [-0.3, -0.25) is 4.79 Å². The van der Waals surface area contributed by atoms with Crippen LogP contribution in [0.4, 0.5) is 5.82 Å². The number of pyridine rings is 1. The van der Waals surface area contributed by atoms with Crippen LogP contribution in [0.15, 0.2) is 12.1 Å². The molecule has 1 aliphatic heterocycles. The number of nitrogens with zero attached hydrogens (tertiary/aromatic N) is 1. The molecule has 20 heavy (non-hydrogen) atoms. The molecule has 0 bridgehead atoms. The minimum absolute atomic E-state index is 0.0245. The summed E-state index contributed by atoms with van der Waals surface area (Å²) in [4.78, 5) is 16.2. The van der Waals surface area contributed by atoms with Crippen molar-refractivity contribution in [3.05, 3.63) is 22.8 Å². The number of anilines is 1. The number of hydrogen-bond acceptors (Lipinski definition) is 5. The first-order valence-corrected chi connectivity index (χ1v) is 8.53. The van der Waals surface area contributed by atoms with Gasteiger partial charge in [0.05, 0.1) is 16.5 Å². The lowest BCUT2D eigenvalue weighted by Crippen LogP contribution is -2.36. The molecule has 2 rings (SSSR count). The Labute approximate surface area is 122 Å². The van der Waals surface area contributed by atoms with Crippen molar-refractivity contribution >= 4 is 33.2 Å². The van der Waals surface area contributed by atoms with Crippen molar-refractivity contribution in [1.29, 1.82) is 0 Å². The third kappa shape index (κ3) is 3.61. The smallest absolute Gasteiger partial charge is 0.271 e. The van der Waals surface area contributed by atoms with E-state index in [9.17, 15) is 13.2 Å². The molecule has 1 aliphatic rings. The van der Waals surface area contributed by atoms with Crippen LogP contribution >= 0.6 is 11.6 Å². The molecule has 8 heteroatoms. The molecule has 1 unspecified atom stereocenters. The molecule has 1 atom stereocenters. The molecule has 1 fully saturated rings. The number of nitrogens with one attached hydrogen (secondary N) is 2. The second-order valence-electron chi connectivity index (χ2n) is 4.63. The Balaban J connectivity index is 2.11. The number of amides is 1. The second-order valence-corrected chi connectivity index (χ2v) is 7.27. The number of carbonyl (C=O) groups excluding carboxylic acids is 1. The van der Waals surface area contributed by atoms with E-state index in [1.807, 2.05) is 6.92 Å². The van der Waals surface area contributed by atoms with Crippen molar-refractivity contribution in [3.63, 3.8) is 0 Å². The van der Waals surface area contributed by atoms with Gasteiger partial charge in [-0.25, -0.2) is 13.4 Å². The highest BCUT2D eigenvalue weighted by Gasteiger charge is 2.29. The van der Waals surface area contributed by atoms with Crippen molar-refractivity contribution < 1.29 is 13.2 Å². The standard InChI is InChI=1S/C12H16ClN3O3S/c1-2-14-10-4-3-9(13)11(16-10)12(17)15-8-5-6-20(18,19)7-8/h3-4,8H,2,5-7H2,1H3,(H,14,16)(H,15,17). The van der Waals surface area contributed by atoms with Gasteiger partial charge in [-0.1, -0.05) is 11.6 Å². The SMILES string of the molecule is CCNc1ccc(Cl)c(C(=O)NC2CCS(=O)(=O)C2)n1. The van der Waals surface area contributed by atoms with Gasteiger partial charge < -0.3 is 10.6 Å². The average Bonchev–Trinajstić information content (AvgIpc) is 2.71. The van der Waals surface area contributed by atoms with Crippen molar-refractivity contribution in [2.75, 3.05) is 23.4 Å². The highest BCUT2D eigenvalue weighted by atomic mass is 35.5. The van der Waals surface area contributed by atoms with E-state index >= 15 is 0 Å². The summed E-state index contributed by atoms with van der Waals surface area (Å²) in [6.45, 7) is 2.59. The normalized spacial score (nSPS) is 20.6. The first-order valence-electron chi connectivity index (χ1n) is 6.33. The van der Waals surface area contributed by atoms with Gasteiger partial charge in [0.1, 0.15) is 11.5 Å². The summed E-state index contributed by atoms with van der Waals surface area (Å²) in [5.41, 5.74) is 0.106. The van der Waals surface area contributed by atoms with Crippen LogP contribution < -0.4 is 10.6 Å². The van der Waals surface area contributed by atoms with E-state index in [0.717, 1.165) is 0 Å². The second kappa shape index (κ2) is 5.97. The van der Waals surface area contributed by atoms with Crippen molar-refractivity contribution in [1.82, 2.24) is 10.3 Å². The van der Waals surface area contributed by atoms with E-state index in [1.165, 1.54) is 0 Å². The molecule has 6 nitrogen and oxygen atoms in total. The number of halogens is 1. The van der Waals surface area contributed by atoms with Gasteiger partial charge in [-0.2, -0.15) is 0 Å². The molecule has 2 heterocycles. The number of rotatable bonds is 4. The van der Waals surface area contributed by atoms with Crippen molar-refractivity contribution in [3.8, 4) is 0 Å². The minimum atomic E-state index is -3.03. The molecule has 0 radical (unpaired) electrons. The molecule has 1 amide bonds. The van der Waals surface area contributed by atoms with Crippen LogP contribution in [0.1, 0.15) is 23.8 Å². The highest BCUT2D eigenvalue weighted by Crippen LogP contribution is 2.18. The largest absolute Gasteiger partial charge is 0.370 e. The van der Waals surface area contributed by atoms with Crippen LogP contribution in [0.3, 0.4) is 0 Å². The van der Waals surface area contributed by atoms with Crippen LogP contribution in [-0.4, -0.2) is 43.4 Å². The zero-order chi connectivity index (χ0) is 14.8. The molecule has 0 saturated carbocycles. The quantitative estimate of drug-likeness (QED) is 0.867. The third-order valence-electron chi connectivity index (χ3n) is 2.99. The van der Waals surface area contributed by atoms with E-state index in [-0.39, 0.29) is 28.3 Å². The minimum Gasteiger partial charge on any atom is -0.370 e. The first-order chi connectivity index (χ1) is 9.41. The Morgan fingerprint density at radius 3 is 2.85 bits per heavy atom. The summed E-state index contributed by atoms with van der Waals surface area (Å²) in [5, 5.41) is 5.90. The van der Waals surface area contributed by atoms with Crippen LogP contribution in [0.2, 0.25) is 5.02 Å². The fourth-order valence-corrected chi connectivity index (χ4v) is 3.91. The summed E-state index contributed by atoms with van der Waals surface area (Å²) in [5.74, 6) is 0.192. The number of sulfone groups is 1. The average molecular weight is 318 g/mol. The molecular weight excluding hydrogens is 302 g/mol. The maximum atomic E-state index is 12.1. The monoisotopic (exact) mass is 317 g/mol. The maximum Gasteiger partial charge on any atom is 0.271 e. The molecule has 110 valence electrons. The zero-order valence-electron chi connectivity index (χ0n) is 11.0. The number of aromatic nitrogens is 1. The molecule has 0 aromatic carbocycles. The van der Waals surface area contributed by atoms with Crippen LogP contribution in [0.25, 0.3) is 0 Å². The fourth-order valence-electron chi connectivity index (χ4n) is 2.04. The predicted molar refractivity (Wildman–Crippen MR) is 77.9 cm³/mol. The predicted octanol–water partition coefficient (Wildman–Crippen LogP) is 1.08. The summed E-state index contributed by atoms with van der Waals surface area (Å²) < 4.78 is 22.7. The molecule has 0 aliphatic carbocycles. The molecule has 2 N–H and O–H groups in total. The van der Waals surface area contributed by atoms with E-state index in [1.54, 1.807) is 12.1 Å². The van der Waals surface area contributed by atoms with E-state index < -0.39 is 15.7 Å². The van der Waals surface area contributed by atoms with Gasteiger partial charge >= 0.3 is 0 Å². The Hall–Kier alpha value is -1.34. The van der Waals surface area contributed by atoms with Crippen LogP contribution in [0, 0.1) is 0 Å². The lowest BCUT2D eigenvalue weighted by molar-refractivity contribution is 0.0936. The Morgan fingerprint density at radius 1 is 1.50 bits per heavy atom. The molecular formula is C12H16ClN3O3S. The molecule has 1 aromatic rings. The summed E-state index contributed by atoms with van der Waals surface area (Å²) in [7, 11) is -3.03. The molecule has 0 spiro atoms. The van der Waals surface area contributed by atoms with Gasteiger partial charge in [-0.05, 0) is 25.5 Å². The Kier molecular flexibility index (Phi) is 4.49. The first kappa shape index (κ1) is 15.1. The van der Waals surface area contributed by atoms with Gasteiger partial charge in [0.15, 0.2) is 9.84 Å². The zero-order valence-corrected chi connectivity index (χ0v) is 12.6. The van der Waals surface area contributed by atoms with Gasteiger partial charge in [-0.15, -0.1) is 0 Å². The maximum absolute atomic E-state index is 12.1. The van der Waals surface area contributed by atoms with E-state index in [4.69, 9.17) is 11.6 Å². The van der Waals surface area contributed by atoms with Gasteiger partial charge in [0, 0.05) is 12.6 Å². The van der Waals surface area contributed by atoms with Crippen LogP contribution in [0.5, 0.6) is 0 Å². The van der Waals surface area contributed by atoms with Crippen LogP contribution in [-0.2, 0) is 9.84 Å². The lowest BCUT2D eigenvalue weighted by Gasteiger charge is -2.12. The topological polar surface area (TPSA) is 88.2 Å². The Morgan fingerprint density at radius 2 is 2.25 bits per heavy atom. The summed E-state index contributed by atoms with van der Waals surface area (Å²) in [6.07, 6.45) is 0.429. The lowest BCUT2D eigenvalue weighted by atomic mass is 10.2. The molecule has 1 aromatic heterocycles. The van der Waals surface area contributed by atoms with Crippen molar-refractivity contribution in [2.24, 2.45) is 0 Å². The number of carbonyl (C=O) groups is 1. The van der Waals surface area contributed by atoms with Crippen molar-refractivity contribution in [2.45, 2.75) is 19.4 Å². The van der Waals surface area contributed by atoms with Gasteiger partial charge in [0.2, 0.25) is 0 Å². The fraction of sp³-hybridized carbons (Fsp3) is 0.500.